The van der Waals surface area contributed by atoms with Gasteiger partial charge in [0, 0.05) is 6.42 Å². The number of carbonyl (C=O) groups excluding carboxylic acids is 1. The van der Waals surface area contributed by atoms with Crippen molar-refractivity contribution in [1.29, 1.82) is 0 Å². The Morgan fingerprint density at radius 2 is 2.12 bits per heavy atom. The number of carbonyl (C=O) groups is 1. The predicted molar refractivity (Wildman–Crippen MR) is 67.3 cm³/mol. The maximum atomic E-state index is 12.9. The van der Waals surface area contributed by atoms with Gasteiger partial charge in [0.25, 0.3) is 0 Å². The number of nitrogens with two attached hydrogens (primary N) is 1. The van der Waals surface area contributed by atoms with E-state index in [0.29, 0.717) is 6.42 Å². The zero-order valence-corrected chi connectivity index (χ0v) is 10.7. The molecule has 1 aromatic carbocycles. The summed E-state index contributed by atoms with van der Waals surface area (Å²) in [6, 6.07) is 4.48. The van der Waals surface area contributed by atoms with Gasteiger partial charge in [-0.25, -0.2) is 4.39 Å². The van der Waals surface area contributed by atoms with Crippen molar-refractivity contribution >= 4 is 5.78 Å². The lowest BCUT2D eigenvalue weighted by Gasteiger charge is -2.22. The summed E-state index contributed by atoms with van der Waals surface area (Å²) in [5.74, 6) is -0.267. The number of benzene rings is 1. The van der Waals surface area contributed by atoms with Gasteiger partial charge in [-0.15, -0.1) is 0 Å². The minimum absolute atomic E-state index is 0.00839. The van der Waals surface area contributed by atoms with Crippen LogP contribution in [0.4, 0.5) is 4.39 Å². The van der Waals surface area contributed by atoms with E-state index in [-0.39, 0.29) is 18.0 Å². The molecular formula is C14H20FNO. The van der Waals surface area contributed by atoms with E-state index in [1.54, 1.807) is 19.9 Å². The van der Waals surface area contributed by atoms with Crippen molar-refractivity contribution in [1.82, 2.24) is 0 Å². The van der Waals surface area contributed by atoms with Crippen LogP contribution in [0.15, 0.2) is 18.2 Å². The zero-order valence-electron chi connectivity index (χ0n) is 10.7. The molecule has 0 saturated heterocycles. The first kappa shape index (κ1) is 13.8. The molecule has 0 heterocycles. The molecule has 1 unspecified atom stereocenters. The highest BCUT2D eigenvalue weighted by Crippen LogP contribution is 2.16. The molecule has 3 heteroatoms. The topological polar surface area (TPSA) is 43.1 Å². The van der Waals surface area contributed by atoms with Crippen LogP contribution in [0.1, 0.15) is 37.8 Å². The lowest BCUT2D eigenvalue weighted by atomic mass is 9.88. The van der Waals surface area contributed by atoms with E-state index < -0.39 is 5.54 Å². The number of ketones is 1. The van der Waals surface area contributed by atoms with Gasteiger partial charge in [0.15, 0.2) is 5.78 Å². The summed E-state index contributed by atoms with van der Waals surface area (Å²) in [6.45, 7) is 5.57. The highest BCUT2D eigenvalue weighted by atomic mass is 19.1. The van der Waals surface area contributed by atoms with Crippen molar-refractivity contribution in [2.45, 2.75) is 45.6 Å². The lowest BCUT2D eigenvalue weighted by molar-refractivity contribution is -0.123. The van der Waals surface area contributed by atoms with Gasteiger partial charge in [-0.3, -0.25) is 4.79 Å². The molecule has 17 heavy (non-hydrogen) atoms. The first-order valence-electron chi connectivity index (χ1n) is 5.94. The Labute approximate surface area is 102 Å². The monoisotopic (exact) mass is 237 g/mol. The van der Waals surface area contributed by atoms with E-state index in [9.17, 15) is 9.18 Å². The molecule has 0 radical (unpaired) electrons. The van der Waals surface area contributed by atoms with E-state index in [2.05, 4.69) is 0 Å². The average Bonchev–Trinajstić information content (AvgIpc) is 2.22. The molecule has 1 aromatic rings. The molecular weight excluding hydrogens is 217 g/mol. The highest BCUT2D eigenvalue weighted by molar-refractivity contribution is 5.89. The largest absolute Gasteiger partial charge is 0.319 e. The second kappa shape index (κ2) is 5.41. The SMILES string of the molecule is CCCC(C)(N)C(=O)Cc1ccc(F)cc1C. The highest BCUT2D eigenvalue weighted by Gasteiger charge is 2.27. The summed E-state index contributed by atoms with van der Waals surface area (Å²) in [5, 5.41) is 0. The molecule has 0 aliphatic heterocycles. The fourth-order valence-electron chi connectivity index (χ4n) is 1.89. The minimum atomic E-state index is -0.782. The molecule has 0 spiro atoms. The van der Waals surface area contributed by atoms with Crippen LogP contribution in [0, 0.1) is 12.7 Å². The van der Waals surface area contributed by atoms with Crippen molar-refractivity contribution in [3.8, 4) is 0 Å². The van der Waals surface area contributed by atoms with Crippen LogP contribution in [-0.4, -0.2) is 11.3 Å². The lowest BCUT2D eigenvalue weighted by Crippen LogP contribution is -2.45. The van der Waals surface area contributed by atoms with Gasteiger partial charge in [-0.2, -0.15) is 0 Å². The van der Waals surface area contributed by atoms with E-state index in [4.69, 9.17) is 5.73 Å². The third-order valence-electron chi connectivity index (χ3n) is 3.06. The molecule has 0 saturated carbocycles. The van der Waals surface area contributed by atoms with Crippen molar-refractivity contribution in [2.75, 3.05) is 0 Å². The van der Waals surface area contributed by atoms with E-state index in [1.807, 2.05) is 6.92 Å². The van der Waals surface area contributed by atoms with Crippen LogP contribution >= 0.6 is 0 Å². The van der Waals surface area contributed by atoms with Crippen LogP contribution in [0.5, 0.6) is 0 Å². The second-order valence-corrected chi connectivity index (χ2v) is 4.84. The first-order valence-corrected chi connectivity index (χ1v) is 5.94. The van der Waals surface area contributed by atoms with Gasteiger partial charge in [0.2, 0.25) is 0 Å². The van der Waals surface area contributed by atoms with Crippen LogP contribution < -0.4 is 5.73 Å². The quantitative estimate of drug-likeness (QED) is 0.855. The van der Waals surface area contributed by atoms with E-state index >= 15 is 0 Å². The van der Waals surface area contributed by atoms with Gasteiger partial charge in [0.05, 0.1) is 5.54 Å². The Kier molecular flexibility index (Phi) is 4.40. The molecule has 0 bridgehead atoms. The molecule has 2 N–H and O–H groups in total. The van der Waals surface area contributed by atoms with Crippen molar-refractivity contribution in [2.24, 2.45) is 5.73 Å². The van der Waals surface area contributed by atoms with Crippen LogP contribution in [0.25, 0.3) is 0 Å². The summed E-state index contributed by atoms with van der Waals surface area (Å²) in [6.07, 6.45) is 1.83. The van der Waals surface area contributed by atoms with Crippen molar-refractivity contribution in [3.05, 3.63) is 35.1 Å². The number of halogens is 1. The molecule has 0 aromatic heterocycles. The zero-order chi connectivity index (χ0) is 13.1. The molecule has 1 rings (SSSR count). The maximum Gasteiger partial charge on any atom is 0.156 e. The summed E-state index contributed by atoms with van der Waals surface area (Å²) in [7, 11) is 0. The summed E-state index contributed by atoms with van der Waals surface area (Å²) in [5.41, 5.74) is 6.84. The number of Topliss-reactive ketones (excluding diaryl/α,β-unsaturated/α-hetero) is 1. The number of aryl methyl sites for hydroxylation is 1. The third kappa shape index (κ3) is 3.63. The molecule has 0 aliphatic carbocycles. The van der Waals surface area contributed by atoms with Gasteiger partial charge in [-0.05, 0) is 43.5 Å². The summed E-state index contributed by atoms with van der Waals surface area (Å²) < 4.78 is 12.9. The minimum Gasteiger partial charge on any atom is -0.319 e. The Morgan fingerprint density at radius 1 is 1.47 bits per heavy atom. The van der Waals surface area contributed by atoms with E-state index in [0.717, 1.165) is 17.5 Å². The molecule has 0 amide bonds. The number of hydrogen-bond donors (Lipinski definition) is 1. The Bertz CT molecular complexity index is 413. The van der Waals surface area contributed by atoms with Crippen LogP contribution in [0.3, 0.4) is 0 Å². The Balaban J connectivity index is 2.81. The molecule has 0 fully saturated rings. The molecule has 94 valence electrons. The first-order chi connectivity index (χ1) is 7.86. The molecule has 2 nitrogen and oxygen atoms in total. The van der Waals surface area contributed by atoms with E-state index in [1.165, 1.54) is 12.1 Å². The average molecular weight is 237 g/mol. The van der Waals surface area contributed by atoms with Crippen LogP contribution in [-0.2, 0) is 11.2 Å². The Morgan fingerprint density at radius 3 is 2.65 bits per heavy atom. The van der Waals surface area contributed by atoms with Crippen molar-refractivity contribution < 1.29 is 9.18 Å². The predicted octanol–water partition coefficient (Wildman–Crippen LogP) is 2.76. The number of rotatable bonds is 5. The smallest absolute Gasteiger partial charge is 0.156 e. The van der Waals surface area contributed by atoms with Gasteiger partial charge in [-0.1, -0.05) is 19.4 Å². The van der Waals surface area contributed by atoms with Crippen LogP contribution in [0.2, 0.25) is 0 Å². The fourth-order valence-corrected chi connectivity index (χ4v) is 1.89. The normalized spacial score (nSPS) is 14.4. The van der Waals surface area contributed by atoms with Gasteiger partial charge >= 0.3 is 0 Å². The van der Waals surface area contributed by atoms with Gasteiger partial charge in [0.1, 0.15) is 5.82 Å². The summed E-state index contributed by atoms with van der Waals surface area (Å²) >= 11 is 0. The van der Waals surface area contributed by atoms with Gasteiger partial charge < -0.3 is 5.73 Å². The summed E-state index contributed by atoms with van der Waals surface area (Å²) in [4.78, 5) is 12.0. The Hall–Kier alpha value is -1.22. The standard InChI is InChI=1S/C14H20FNO/c1-4-7-14(3,16)13(17)9-11-5-6-12(15)8-10(11)2/h5-6,8H,4,7,9,16H2,1-3H3. The van der Waals surface area contributed by atoms with Crippen molar-refractivity contribution in [3.63, 3.8) is 0 Å². The third-order valence-corrected chi connectivity index (χ3v) is 3.06. The molecule has 1 atom stereocenters. The number of hydrogen-bond acceptors (Lipinski definition) is 2. The maximum absolute atomic E-state index is 12.9. The second-order valence-electron chi connectivity index (χ2n) is 4.84. The molecule has 0 aliphatic rings. The fraction of sp³-hybridized carbons (Fsp3) is 0.500.